The summed E-state index contributed by atoms with van der Waals surface area (Å²) in [5.41, 5.74) is 0. The Bertz CT molecular complexity index is 411. The van der Waals surface area contributed by atoms with E-state index in [1.807, 2.05) is 0 Å². The van der Waals surface area contributed by atoms with E-state index in [1.165, 1.54) is 44.9 Å². The van der Waals surface area contributed by atoms with Crippen molar-refractivity contribution in [2.24, 2.45) is 11.8 Å². The van der Waals surface area contributed by atoms with E-state index in [4.69, 9.17) is 0 Å². The fraction of sp³-hybridized carbons (Fsp3) is 0.933. The topological polar surface area (TPSA) is 63.2 Å². The molecule has 0 aromatic carbocycles. The molecule has 0 spiro atoms. The second kappa shape index (κ2) is 7.43. The second-order valence-electron chi connectivity index (χ2n) is 6.49. The van der Waals surface area contributed by atoms with Gasteiger partial charge in [0.2, 0.25) is 5.91 Å². The normalized spacial score (nSPS) is 27.7. The van der Waals surface area contributed by atoms with E-state index in [2.05, 4.69) is 5.32 Å². The molecule has 0 unspecified atom stereocenters. The van der Waals surface area contributed by atoms with Gasteiger partial charge in [-0.3, -0.25) is 4.79 Å². The minimum Gasteiger partial charge on any atom is -0.356 e. The molecule has 1 saturated heterocycles. The van der Waals surface area contributed by atoms with Gasteiger partial charge in [-0.25, -0.2) is 8.42 Å². The third-order valence-electron chi connectivity index (χ3n) is 4.61. The Labute approximate surface area is 122 Å². The summed E-state index contributed by atoms with van der Waals surface area (Å²) >= 11 is 0. The molecule has 1 heterocycles. The van der Waals surface area contributed by atoms with Crippen LogP contribution in [0.3, 0.4) is 0 Å². The number of carbonyl (C=O) groups is 1. The van der Waals surface area contributed by atoms with Crippen LogP contribution in [0.1, 0.15) is 57.8 Å². The molecule has 1 atom stereocenters. The lowest BCUT2D eigenvalue weighted by Crippen LogP contribution is -2.31. The predicted molar refractivity (Wildman–Crippen MR) is 80.2 cm³/mol. The molecule has 0 aromatic rings. The average Bonchev–Trinajstić information content (AvgIpc) is 2.67. The summed E-state index contributed by atoms with van der Waals surface area (Å²) in [7, 11) is -2.87. The highest BCUT2D eigenvalue weighted by Gasteiger charge is 2.29. The summed E-state index contributed by atoms with van der Waals surface area (Å²) < 4.78 is 22.7. The summed E-state index contributed by atoms with van der Waals surface area (Å²) in [5.74, 6) is 1.15. The largest absolute Gasteiger partial charge is 0.356 e. The SMILES string of the molecule is O=C(C[C@@H]1CCS(=O)(=O)C1)NCC1CCCCCCC1. The molecule has 1 aliphatic heterocycles. The molecule has 20 heavy (non-hydrogen) atoms. The van der Waals surface area contributed by atoms with Gasteiger partial charge in [-0.05, 0) is 31.1 Å². The average molecular weight is 301 g/mol. The third-order valence-corrected chi connectivity index (χ3v) is 6.45. The van der Waals surface area contributed by atoms with E-state index in [-0.39, 0.29) is 23.3 Å². The molecule has 5 heteroatoms. The van der Waals surface area contributed by atoms with E-state index in [9.17, 15) is 13.2 Å². The van der Waals surface area contributed by atoms with Crippen molar-refractivity contribution < 1.29 is 13.2 Å². The first-order valence-corrected chi connectivity index (χ1v) is 9.84. The van der Waals surface area contributed by atoms with E-state index in [0.29, 0.717) is 18.8 Å². The summed E-state index contributed by atoms with van der Waals surface area (Å²) in [6.45, 7) is 0.776. The van der Waals surface area contributed by atoms with Crippen molar-refractivity contribution in [3.8, 4) is 0 Å². The summed E-state index contributed by atoms with van der Waals surface area (Å²) in [6, 6.07) is 0. The van der Waals surface area contributed by atoms with Gasteiger partial charge in [0, 0.05) is 13.0 Å². The van der Waals surface area contributed by atoms with Crippen molar-refractivity contribution in [2.45, 2.75) is 57.8 Å². The van der Waals surface area contributed by atoms with Gasteiger partial charge in [0.05, 0.1) is 11.5 Å². The molecule has 2 rings (SSSR count). The number of sulfone groups is 1. The molecule has 1 aliphatic carbocycles. The van der Waals surface area contributed by atoms with Crippen molar-refractivity contribution in [2.75, 3.05) is 18.1 Å². The van der Waals surface area contributed by atoms with Gasteiger partial charge >= 0.3 is 0 Å². The predicted octanol–water partition coefficient (Wildman–Crippen LogP) is 2.29. The number of rotatable bonds is 4. The zero-order valence-corrected chi connectivity index (χ0v) is 13.1. The minimum atomic E-state index is -2.87. The van der Waals surface area contributed by atoms with E-state index in [0.717, 1.165) is 6.54 Å². The number of nitrogens with one attached hydrogen (secondary N) is 1. The monoisotopic (exact) mass is 301 g/mol. The number of hydrogen-bond donors (Lipinski definition) is 1. The Kier molecular flexibility index (Phi) is 5.87. The first kappa shape index (κ1) is 15.8. The molecule has 2 fully saturated rings. The third kappa shape index (κ3) is 5.43. The smallest absolute Gasteiger partial charge is 0.220 e. The Balaban J connectivity index is 1.66. The van der Waals surface area contributed by atoms with Crippen LogP contribution in [0.5, 0.6) is 0 Å². The van der Waals surface area contributed by atoms with Crippen LogP contribution >= 0.6 is 0 Å². The quantitative estimate of drug-likeness (QED) is 0.866. The maximum atomic E-state index is 11.9. The van der Waals surface area contributed by atoms with Crippen LogP contribution < -0.4 is 5.32 Å². The highest BCUT2D eigenvalue weighted by atomic mass is 32.2. The Morgan fingerprint density at radius 1 is 0.950 bits per heavy atom. The van der Waals surface area contributed by atoms with Crippen LogP contribution in [0.15, 0.2) is 0 Å². The molecule has 4 nitrogen and oxygen atoms in total. The molecule has 0 bridgehead atoms. The van der Waals surface area contributed by atoms with Crippen molar-refractivity contribution in [1.29, 1.82) is 0 Å². The molecule has 2 aliphatic rings. The van der Waals surface area contributed by atoms with Crippen LogP contribution in [0, 0.1) is 11.8 Å². The Hall–Kier alpha value is -0.580. The van der Waals surface area contributed by atoms with E-state index in [1.54, 1.807) is 0 Å². The highest BCUT2D eigenvalue weighted by Crippen LogP contribution is 2.23. The first-order chi connectivity index (χ1) is 9.55. The van der Waals surface area contributed by atoms with Crippen molar-refractivity contribution in [3.63, 3.8) is 0 Å². The van der Waals surface area contributed by atoms with Crippen LogP contribution in [0.2, 0.25) is 0 Å². The highest BCUT2D eigenvalue weighted by molar-refractivity contribution is 7.91. The zero-order valence-electron chi connectivity index (χ0n) is 12.3. The maximum Gasteiger partial charge on any atom is 0.220 e. The number of hydrogen-bond acceptors (Lipinski definition) is 3. The molecule has 1 amide bonds. The molecule has 0 radical (unpaired) electrons. The zero-order chi connectivity index (χ0) is 14.4. The lowest BCUT2D eigenvalue weighted by atomic mass is 9.91. The van der Waals surface area contributed by atoms with Crippen molar-refractivity contribution in [1.82, 2.24) is 5.32 Å². The van der Waals surface area contributed by atoms with Crippen LogP contribution in [-0.4, -0.2) is 32.4 Å². The second-order valence-corrected chi connectivity index (χ2v) is 8.72. The summed E-state index contributed by atoms with van der Waals surface area (Å²) in [6.07, 6.45) is 10.0. The van der Waals surface area contributed by atoms with Crippen molar-refractivity contribution >= 4 is 15.7 Å². The van der Waals surface area contributed by atoms with Crippen LogP contribution in [0.4, 0.5) is 0 Å². The maximum absolute atomic E-state index is 11.9. The van der Waals surface area contributed by atoms with Gasteiger partial charge in [0.25, 0.3) is 0 Å². The van der Waals surface area contributed by atoms with Crippen LogP contribution in [-0.2, 0) is 14.6 Å². The Morgan fingerprint density at radius 3 is 2.20 bits per heavy atom. The fourth-order valence-corrected chi connectivity index (χ4v) is 5.23. The van der Waals surface area contributed by atoms with Gasteiger partial charge in [-0.2, -0.15) is 0 Å². The first-order valence-electron chi connectivity index (χ1n) is 8.02. The molecule has 1 N–H and O–H groups in total. The lowest BCUT2D eigenvalue weighted by Gasteiger charge is -2.20. The summed E-state index contributed by atoms with van der Waals surface area (Å²) in [4.78, 5) is 11.9. The lowest BCUT2D eigenvalue weighted by molar-refractivity contribution is -0.122. The van der Waals surface area contributed by atoms with Gasteiger partial charge in [-0.1, -0.05) is 32.1 Å². The van der Waals surface area contributed by atoms with E-state index >= 15 is 0 Å². The summed E-state index contributed by atoms with van der Waals surface area (Å²) in [5, 5.41) is 3.02. The van der Waals surface area contributed by atoms with Gasteiger partial charge < -0.3 is 5.32 Å². The molecule has 116 valence electrons. The molecular formula is C15H27NO3S. The Morgan fingerprint density at radius 2 is 1.60 bits per heavy atom. The van der Waals surface area contributed by atoms with Gasteiger partial charge in [-0.15, -0.1) is 0 Å². The fourth-order valence-electron chi connectivity index (χ4n) is 3.37. The standard InChI is InChI=1S/C15H27NO3S/c17-15(10-14-8-9-20(18,19)12-14)16-11-13-6-4-2-1-3-5-7-13/h13-14H,1-12H2,(H,16,17)/t14-/m0/s1. The molecular weight excluding hydrogens is 274 g/mol. The number of carbonyl (C=O) groups excluding carboxylic acids is 1. The van der Waals surface area contributed by atoms with Crippen LogP contribution in [0.25, 0.3) is 0 Å². The van der Waals surface area contributed by atoms with Gasteiger partial charge in [0.1, 0.15) is 0 Å². The van der Waals surface area contributed by atoms with Crippen molar-refractivity contribution in [3.05, 3.63) is 0 Å². The van der Waals surface area contributed by atoms with E-state index < -0.39 is 9.84 Å². The minimum absolute atomic E-state index is 0.0363. The van der Waals surface area contributed by atoms with Gasteiger partial charge in [0.15, 0.2) is 9.84 Å². The molecule has 0 aromatic heterocycles. The molecule has 1 saturated carbocycles. The number of amides is 1.